The molecule has 0 spiro atoms. The van der Waals surface area contributed by atoms with Crippen LogP contribution in [-0.4, -0.2) is 47.4 Å². The molecule has 1 aliphatic carbocycles. The summed E-state index contributed by atoms with van der Waals surface area (Å²) in [5.74, 6) is 0. The van der Waals surface area contributed by atoms with Gasteiger partial charge in [0.2, 0.25) is 0 Å². The molecule has 0 amide bonds. The Labute approximate surface area is 111 Å². The third-order valence-electron chi connectivity index (χ3n) is 3.27. The van der Waals surface area contributed by atoms with Crippen molar-refractivity contribution in [3.63, 3.8) is 0 Å². The number of aliphatic hydroxyl groups is 1. The van der Waals surface area contributed by atoms with Crippen molar-refractivity contribution in [2.24, 2.45) is 0 Å². The van der Waals surface area contributed by atoms with E-state index in [2.05, 4.69) is 11.0 Å². The van der Waals surface area contributed by atoms with Gasteiger partial charge in [-0.05, 0) is 33.6 Å². The highest BCUT2D eigenvalue weighted by Gasteiger charge is 2.24. The monoisotopic (exact) mass is 254 g/mol. The van der Waals surface area contributed by atoms with Gasteiger partial charge in [-0.25, -0.2) is 0 Å². The van der Waals surface area contributed by atoms with Crippen molar-refractivity contribution >= 4 is 0 Å². The van der Waals surface area contributed by atoms with Crippen LogP contribution in [0.15, 0.2) is 0 Å². The average Bonchev–Trinajstić information content (AvgIpc) is 2.78. The molecule has 1 aliphatic rings. The lowest BCUT2D eigenvalue weighted by Gasteiger charge is -2.29. The highest BCUT2D eigenvalue weighted by Crippen LogP contribution is 2.23. The van der Waals surface area contributed by atoms with E-state index in [1.165, 1.54) is 12.8 Å². The van der Waals surface area contributed by atoms with Crippen molar-refractivity contribution in [3.8, 4) is 6.07 Å². The molecule has 0 aromatic heterocycles. The fourth-order valence-corrected chi connectivity index (χ4v) is 2.37. The maximum absolute atomic E-state index is 9.99. The molecule has 104 valence electrons. The summed E-state index contributed by atoms with van der Waals surface area (Å²) in [6.07, 6.45) is 4.25. The summed E-state index contributed by atoms with van der Waals surface area (Å²) in [4.78, 5) is 2.10. The number of nitrogens with zero attached hydrogens (tertiary/aromatic N) is 2. The summed E-state index contributed by atoms with van der Waals surface area (Å²) >= 11 is 0. The van der Waals surface area contributed by atoms with Gasteiger partial charge in [-0.3, -0.25) is 4.90 Å². The first kappa shape index (κ1) is 15.4. The summed E-state index contributed by atoms with van der Waals surface area (Å²) in [5.41, 5.74) is -0.228. The second-order valence-electron chi connectivity index (χ2n) is 6.10. The predicted octanol–water partition coefficient (Wildman–Crippen LogP) is 1.93. The lowest BCUT2D eigenvalue weighted by atomic mass is 10.1. The summed E-state index contributed by atoms with van der Waals surface area (Å²) in [5, 5.41) is 18.9. The molecule has 4 heteroatoms. The Kier molecular flexibility index (Phi) is 6.07. The van der Waals surface area contributed by atoms with Gasteiger partial charge in [0.05, 0.1) is 30.9 Å². The van der Waals surface area contributed by atoms with E-state index in [4.69, 9.17) is 10.00 Å². The minimum absolute atomic E-state index is 0.228. The Hall–Kier alpha value is -0.630. The van der Waals surface area contributed by atoms with Crippen molar-refractivity contribution in [1.29, 1.82) is 5.26 Å². The molecule has 18 heavy (non-hydrogen) atoms. The molecule has 0 aliphatic heterocycles. The molecule has 0 aromatic rings. The maximum Gasteiger partial charge on any atom is 0.0900 e. The second-order valence-corrected chi connectivity index (χ2v) is 6.10. The molecule has 1 rings (SSSR count). The molecule has 0 aromatic carbocycles. The molecule has 4 nitrogen and oxygen atoms in total. The number of nitriles is 1. The smallest absolute Gasteiger partial charge is 0.0900 e. The van der Waals surface area contributed by atoms with Gasteiger partial charge in [0.1, 0.15) is 0 Å². The highest BCUT2D eigenvalue weighted by molar-refractivity contribution is 4.86. The molecule has 0 saturated heterocycles. The quantitative estimate of drug-likeness (QED) is 0.736. The van der Waals surface area contributed by atoms with Gasteiger partial charge in [-0.15, -0.1) is 0 Å². The Morgan fingerprint density at radius 1 is 1.39 bits per heavy atom. The van der Waals surface area contributed by atoms with Crippen LogP contribution in [0.3, 0.4) is 0 Å². The second kappa shape index (κ2) is 7.08. The SMILES string of the molecule is CC(C)(C)OCC(O)CN(CC#N)C1CCCC1. The Bertz CT molecular complexity index is 274. The van der Waals surface area contributed by atoms with Gasteiger partial charge in [0.15, 0.2) is 0 Å². The van der Waals surface area contributed by atoms with Crippen LogP contribution < -0.4 is 0 Å². The van der Waals surface area contributed by atoms with E-state index in [9.17, 15) is 5.11 Å². The van der Waals surface area contributed by atoms with Gasteiger partial charge in [0.25, 0.3) is 0 Å². The van der Waals surface area contributed by atoms with Crippen molar-refractivity contribution in [1.82, 2.24) is 4.90 Å². The van der Waals surface area contributed by atoms with Gasteiger partial charge in [-0.2, -0.15) is 5.26 Å². The van der Waals surface area contributed by atoms with Crippen molar-refractivity contribution in [3.05, 3.63) is 0 Å². The zero-order valence-electron chi connectivity index (χ0n) is 11.9. The fourth-order valence-electron chi connectivity index (χ4n) is 2.37. The van der Waals surface area contributed by atoms with Crippen molar-refractivity contribution in [2.75, 3.05) is 19.7 Å². The van der Waals surface area contributed by atoms with Crippen LogP contribution in [0.25, 0.3) is 0 Å². The molecule has 1 fully saturated rings. The Balaban J connectivity index is 2.38. The maximum atomic E-state index is 9.99. The zero-order chi connectivity index (χ0) is 13.6. The highest BCUT2D eigenvalue weighted by atomic mass is 16.5. The normalized spacial score (nSPS) is 19.1. The molecular weight excluding hydrogens is 228 g/mol. The molecule has 1 unspecified atom stereocenters. The first-order valence-electron chi connectivity index (χ1n) is 6.85. The van der Waals surface area contributed by atoms with Crippen molar-refractivity contribution in [2.45, 2.75) is 64.2 Å². The van der Waals surface area contributed by atoms with Gasteiger partial charge < -0.3 is 9.84 Å². The number of hydrogen-bond donors (Lipinski definition) is 1. The minimum Gasteiger partial charge on any atom is -0.389 e. The summed E-state index contributed by atoms with van der Waals surface area (Å²) < 4.78 is 5.57. The average molecular weight is 254 g/mol. The van der Waals surface area contributed by atoms with Crippen LogP contribution in [-0.2, 0) is 4.74 Å². The Morgan fingerprint density at radius 3 is 2.50 bits per heavy atom. The number of hydrogen-bond acceptors (Lipinski definition) is 4. The summed E-state index contributed by atoms with van der Waals surface area (Å²) in [6, 6.07) is 2.66. The van der Waals surface area contributed by atoms with Crippen LogP contribution in [0.1, 0.15) is 46.5 Å². The van der Waals surface area contributed by atoms with E-state index in [1.807, 2.05) is 20.8 Å². The molecule has 0 bridgehead atoms. The summed E-state index contributed by atoms with van der Waals surface area (Å²) in [6.45, 7) is 7.20. The number of rotatable bonds is 6. The van der Waals surface area contributed by atoms with E-state index in [0.29, 0.717) is 25.7 Å². The molecular formula is C14H26N2O2. The molecule has 1 N–H and O–H groups in total. The van der Waals surface area contributed by atoms with E-state index < -0.39 is 6.10 Å². The van der Waals surface area contributed by atoms with E-state index in [0.717, 1.165) is 12.8 Å². The van der Waals surface area contributed by atoms with Gasteiger partial charge >= 0.3 is 0 Å². The largest absolute Gasteiger partial charge is 0.389 e. The number of ether oxygens (including phenoxy) is 1. The van der Waals surface area contributed by atoms with Crippen LogP contribution in [0.5, 0.6) is 0 Å². The van der Waals surface area contributed by atoms with Gasteiger partial charge in [0, 0.05) is 12.6 Å². The standard InChI is InChI=1S/C14H26N2O2/c1-14(2,3)18-11-13(17)10-16(9-8-15)12-6-4-5-7-12/h12-13,17H,4-7,9-11H2,1-3H3. The minimum atomic E-state index is -0.516. The summed E-state index contributed by atoms with van der Waals surface area (Å²) in [7, 11) is 0. The van der Waals surface area contributed by atoms with E-state index >= 15 is 0 Å². The fraction of sp³-hybridized carbons (Fsp3) is 0.929. The molecule has 1 saturated carbocycles. The third-order valence-corrected chi connectivity index (χ3v) is 3.27. The Morgan fingerprint density at radius 2 is 2.00 bits per heavy atom. The predicted molar refractivity (Wildman–Crippen MR) is 71.2 cm³/mol. The van der Waals surface area contributed by atoms with Crippen LogP contribution in [0.2, 0.25) is 0 Å². The van der Waals surface area contributed by atoms with E-state index in [1.54, 1.807) is 0 Å². The lowest BCUT2D eigenvalue weighted by Crippen LogP contribution is -2.41. The first-order chi connectivity index (χ1) is 8.42. The van der Waals surface area contributed by atoms with Gasteiger partial charge in [-0.1, -0.05) is 12.8 Å². The molecule has 1 atom stereocenters. The molecule has 0 radical (unpaired) electrons. The third kappa shape index (κ3) is 5.81. The lowest BCUT2D eigenvalue weighted by molar-refractivity contribution is -0.0577. The van der Waals surface area contributed by atoms with E-state index in [-0.39, 0.29) is 5.60 Å². The molecule has 0 heterocycles. The van der Waals surface area contributed by atoms with Crippen LogP contribution in [0.4, 0.5) is 0 Å². The van der Waals surface area contributed by atoms with Crippen molar-refractivity contribution < 1.29 is 9.84 Å². The van der Waals surface area contributed by atoms with Crippen LogP contribution >= 0.6 is 0 Å². The zero-order valence-corrected chi connectivity index (χ0v) is 11.9. The first-order valence-corrected chi connectivity index (χ1v) is 6.85. The van der Waals surface area contributed by atoms with Crippen LogP contribution in [0, 0.1) is 11.3 Å². The topological polar surface area (TPSA) is 56.5 Å². The number of aliphatic hydroxyl groups excluding tert-OH is 1.